The Bertz CT molecular complexity index is 1410. The molecule has 0 aromatic carbocycles. The minimum Gasteiger partial charge on any atom is -0.462 e. The largest absolute Gasteiger partial charge is 0.462 e. The summed E-state index contributed by atoms with van der Waals surface area (Å²) in [4.78, 5) is 38.3. The lowest BCUT2D eigenvalue weighted by Gasteiger charge is -2.18. The maximum atomic E-state index is 12.9. The van der Waals surface area contributed by atoms with Gasteiger partial charge in [-0.2, -0.15) is 0 Å². The van der Waals surface area contributed by atoms with Gasteiger partial charge in [0.05, 0.1) is 0 Å². The SMILES string of the molecule is CC/C=C\C/C=C\C/C=C\C/C=C\C/C=C\CCCCCCCCCCCCCCCCCCCCCC(=O)OCC(COC(=O)CCCCCCCCCCCCCCC)OC(=O)CCCCCCCCCCCCCCC. The normalized spacial score (nSPS) is 12.4. The number of hydrogen-bond donors (Lipinski definition) is 0. The van der Waals surface area contributed by atoms with Gasteiger partial charge in [0.2, 0.25) is 0 Å². The first-order valence-corrected chi connectivity index (χ1v) is 34.8. The lowest BCUT2D eigenvalue weighted by atomic mass is 10.0. The highest BCUT2D eigenvalue weighted by Gasteiger charge is 2.19. The van der Waals surface area contributed by atoms with E-state index < -0.39 is 6.10 Å². The summed E-state index contributed by atoms with van der Waals surface area (Å²) in [7, 11) is 0. The van der Waals surface area contributed by atoms with Crippen molar-refractivity contribution in [2.45, 2.75) is 374 Å². The van der Waals surface area contributed by atoms with E-state index in [0.717, 1.165) is 89.9 Å². The number of carbonyl (C=O) groups is 3. The monoisotopic (exact) mass is 1110 g/mol. The van der Waals surface area contributed by atoms with Gasteiger partial charge in [-0.15, -0.1) is 0 Å². The topological polar surface area (TPSA) is 78.9 Å². The molecule has 6 nitrogen and oxygen atoms in total. The van der Waals surface area contributed by atoms with E-state index in [9.17, 15) is 14.4 Å². The summed E-state index contributed by atoms with van der Waals surface area (Å²) in [6.45, 7) is 6.58. The van der Waals surface area contributed by atoms with Crippen LogP contribution in [-0.4, -0.2) is 37.2 Å². The number of hydrogen-bond acceptors (Lipinski definition) is 6. The van der Waals surface area contributed by atoms with Gasteiger partial charge in [0.15, 0.2) is 6.10 Å². The fourth-order valence-corrected chi connectivity index (χ4v) is 10.4. The first-order valence-electron chi connectivity index (χ1n) is 34.8. The average Bonchev–Trinajstić information content (AvgIpc) is 3.45. The Hall–Kier alpha value is -2.89. The van der Waals surface area contributed by atoms with E-state index in [0.29, 0.717) is 19.3 Å². The van der Waals surface area contributed by atoms with Crippen molar-refractivity contribution in [1.29, 1.82) is 0 Å². The van der Waals surface area contributed by atoms with Gasteiger partial charge in [-0.1, -0.05) is 345 Å². The van der Waals surface area contributed by atoms with Crippen molar-refractivity contribution in [3.8, 4) is 0 Å². The lowest BCUT2D eigenvalue weighted by Crippen LogP contribution is -2.30. The number of allylic oxidation sites excluding steroid dienone is 10. The van der Waals surface area contributed by atoms with E-state index in [1.807, 2.05) is 0 Å². The zero-order chi connectivity index (χ0) is 57.1. The molecular formula is C73H132O6. The molecule has 0 N–H and O–H groups in total. The van der Waals surface area contributed by atoms with Crippen molar-refractivity contribution < 1.29 is 28.6 Å². The van der Waals surface area contributed by atoms with E-state index in [2.05, 4.69) is 81.5 Å². The highest BCUT2D eigenvalue weighted by molar-refractivity contribution is 5.71. The van der Waals surface area contributed by atoms with Crippen LogP contribution in [0.15, 0.2) is 60.8 Å². The molecule has 0 bridgehead atoms. The molecule has 0 fully saturated rings. The molecule has 1 unspecified atom stereocenters. The van der Waals surface area contributed by atoms with Crippen LogP contribution in [0.4, 0.5) is 0 Å². The molecule has 1 atom stereocenters. The maximum Gasteiger partial charge on any atom is 0.306 e. The van der Waals surface area contributed by atoms with Gasteiger partial charge in [0.25, 0.3) is 0 Å². The van der Waals surface area contributed by atoms with Gasteiger partial charge < -0.3 is 14.2 Å². The summed E-state index contributed by atoms with van der Waals surface area (Å²) in [6.07, 6.45) is 86.9. The molecule has 0 aromatic heterocycles. The van der Waals surface area contributed by atoms with E-state index >= 15 is 0 Å². The van der Waals surface area contributed by atoms with Crippen LogP contribution >= 0.6 is 0 Å². The average molecular weight is 1110 g/mol. The van der Waals surface area contributed by atoms with Gasteiger partial charge in [-0.3, -0.25) is 14.4 Å². The number of rotatable bonds is 64. The van der Waals surface area contributed by atoms with Crippen LogP contribution in [0.5, 0.6) is 0 Å². The fraction of sp³-hybridized carbons (Fsp3) is 0.822. The van der Waals surface area contributed by atoms with Gasteiger partial charge in [0, 0.05) is 19.3 Å². The Kier molecular flexibility index (Phi) is 65.1. The van der Waals surface area contributed by atoms with Gasteiger partial charge in [0.1, 0.15) is 13.2 Å². The molecular weight excluding hydrogens is 973 g/mol. The zero-order valence-electron chi connectivity index (χ0n) is 52.9. The Morgan fingerprint density at radius 1 is 0.266 bits per heavy atom. The molecule has 0 aliphatic carbocycles. The molecule has 6 heteroatoms. The molecule has 0 aromatic rings. The van der Waals surface area contributed by atoms with Crippen LogP contribution in [0, 0.1) is 0 Å². The molecule has 0 heterocycles. The van der Waals surface area contributed by atoms with Crippen LogP contribution < -0.4 is 0 Å². The summed E-state index contributed by atoms with van der Waals surface area (Å²) in [5.74, 6) is -0.840. The predicted octanol–water partition coefficient (Wildman–Crippen LogP) is 23.9. The zero-order valence-corrected chi connectivity index (χ0v) is 52.9. The van der Waals surface area contributed by atoms with Crippen LogP contribution in [0.3, 0.4) is 0 Å². The number of ether oxygens (including phenoxy) is 3. The quantitative estimate of drug-likeness (QED) is 0.0261. The molecule has 0 aliphatic heterocycles. The Labute approximate surface area is 491 Å². The van der Waals surface area contributed by atoms with Crippen LogP contribution in [0.25, 0.3) is 0 Å². The molecule has 0 rings (SSSR count). The van der Waals surface area contributed by atoms with Crippen molar-refractivity contribution in [3.63, 3.8) is 0 Å². The summed E-state index contributed by atoms with van der Waals surface area (Å²) >= 11 is 0. The smallest absolute Gasteiger partial charge is 0.306 e. The van der Waals surface area contributed by atoms with Crippen molar-refractivity contribution in [1.82, 2.24) is 0 Å². The first kappa shape index (κ1) is 76.1. The van der Waals surface area contributed by atoms with Crippen molar-refractivity contribution in [3.05, 3.63) is 60.8 Å². The molecule has 460 valence electrons. The number of carbonyl (C=O) groups excluding carboxylic acids is 3. The van der Waals surface area contributed by atoms with Gasteiger partial charge in [-0.25, -0.2) is 0 Å². The van der Waals surface area contributed by atoms with E-state index in [4.69, 9.17) is 14.2 Å². The Morgan fingerprint density at radius 2 is 0.494 bits per heavy atom. The van der Waals surface area contributed by atoms with Crippen LogP contribution in [-0.2, 0) is 28.6 Å². The molecule has 0 amide bonds. The van der Waals surface area contributed by atoms with Crippen molar-refractivity contribution in [2.24, 2.45) is 0 Å². The lowest BCUT2D eigenvalue weighted by molar-refractivity contribution is -0.167. The second-order valence-corrected chi connectivity index (χ2v) is 23.4. The second kappa shape index (κ2) is 67.6. The predicted molar refractivity (Wildman–Crippen MR) is 344 cm³/mol. The highest BCUT2D eigenvalue weighted by Crippen LogP contribution is 2.18. The molecule has 0 saturated carbocycles. The molecule has 0 spiro atoms. The maximum absolute atomic E-state index is 12.9. The summed E-state index contributed by atoms with van der Waals surface area (Å²) in [6, 6.07) is 0. The minimum atomic E-state index is -0.767. The fourth-order valence-electron chi connectivity index (χ4n) is 10.4. The van der Waals surface area contributed by atoms with E-state index in [-0.39, 0.29) is 31.1 Å². The third kappa shape index (κ3) is 65.8. The van der Waals surface area contributed by atoms with Crippen molar-refractivity contribution >= 4 is 17.9 Å². The first-order chi connectivity index (χ1) is 39.0. The standard InChI is InChI=1S/C73H132O6/c1-4-7-10-13-16-19-22-25-26-27-28-29-30-31-32-33-34-35-36-37-38-39-40-41-42-43-44-45-46-49-51-54-57-60-63-66-72(75)78-69-70(79-73(76)67-64-61-58-55-52-48-24-21-18-15-12-9-6-3)68-77-71(74)65-62-59-56-53-50-47-23-20-17-14-11-8-5-2/h7,10,16,19,25-26,28-29,31-32,70H,4-6,8-9,11-15,17-18,20-24,27,30,33-69H2,1-3H3/b10-7-,19-16-,26-25-,29-28-,32-31-. The highest BCUT2D eigenvalue weighted by atomic mass is 16.6. The van der Waals surface area contributed by atoms with Crippen LogP contribution in [0.2, 0.25) is 0 Å². The number of unbranched alkanes of at least 4 members (excludes halogenated alkanes) is 43. The van der Waals surface area contributed by atoms with E-state index in [1.54, 1.807) is 0 Å². The summed E-state index contributed by atoms with van der Waals surface area (Å²) in [5.41, 5.74) is 0. The minimum absolute atomic E-state index is 0.0656. The summed E-state index contributed by atoms with van der Waals surface area (Å²) in [5, 5.41) is 0. The molecule has 0 aliphatic rings. The summed E-state index contributed by atoms with van der Waals surface area (Å²) < 4.78 is 16.9. The van der Waals surface area contributed by atoms with Crippen molar-refractivity contribution in [2.75, 3.05) is 13.2 Å². The number of esters is 3. The molecule has 0 radical (unpaired) electrons. The Balaban J connectivity index is 4.05. The molecule has 0 saturated heterocycles. The third-order valence-electron chi connectivity index (χ3n) is 15.5. The van der Waals surface area contributed by atoms with E-state index in [1.165, 1.54) is 238 Å². The second-order valence-electron chi connectivity index (χ2n) is 23.4. The van der Waals surface area contributed by atoms with Gasteiger partial charge >= 0.3 is 17.9 Å². The molecule has 79 heavy (non-hydrogen) atoms. The van der Waals surface area contributed by atoms with Crippen LogP contribution in [0.1, 0.15) is 367 Å². The Morgan fingerprint density at radius 3 is 0.772 bits per heavy atom. The third-order valence-corrected chi connectivity index (χ3v) is 15.5. The van der Waals surface area contributed by atoms with Gasteiger partial charge in [-0.05, 0) is 64.2 Å².